The van der Waals surface area contributed by atoms with Crippen LogP contribution >= 0.6 is 0 Å². The first-order valence-corrected chi connectivity index (χ1v) is 4.47. The molecule has 0 aliphatic carbocycles. The highest BCUT2D eigenvalue weighted by molar-refractivity contribution is 5.67. The highest BCUT2D eigenvalue weighted by Gasteiger charge is 2.18. The summed E-state index contributed by atoms with van der Waals surface area (Å²) in [5.74, 6) is 0. The fraction of sp³-hybridized carbons (Fsp3) is 0.300. The van der Waals surface area contributed by atoms with Gasteiger partial charge in [-0.25, -0.2) is 4.99 Å². The SMILES string of the molecule is CCN1C=Nc2ccccc2C1N. The van der Waals surface area contributed by atoms with E-state index in [4.69, 9.17) is 5.73 Å². The van der Waals surface area contributed by atoms with Gasteiger partial charge in [-0.15, -0.1) is 0 Å². The Bertz CT molecular complexity index is 333. The summed E-state index contributed by atoms with van der Waals surface area (Å²) in [5.41, 5.74) is 8.13. The molecular weight excluding hydrogens is 162 g/mol. The number of fused-ring (bicyclic) bond motifs is 1. The molecule has 0 bridgehead atoms. The van der Waals surface area contributed by atoms with Crippen molar-refractivity contribution in [3.63, 3.8) is 0 Å². The lowest BCUT2D eigenvalue weighted by Crippen LogP contribution is -2.35. The van der Waals surface area contributed by atoms with Crippen molar-refractivity contribution in [2.45, 2.75) is 13.1 Å². The van der Waals surface area contributed by atoms with Gasteiger partial charge in [0.1, 0.15) is 6.17 Å². The summed E-state index contributed by atoms with van der Waals surface area (Å²) in [6, 6.07) is 7.98. The number of benzene rings is 1. The first-order chi connectivity index (χ1) is 6.33. The Morgan fingerprint density at radius 2 is 2.23 bits per heavy atom. The minimum absolute atomic E-state index is 0.0429. The van der Waals surface area contributed by atoms with Crippen LogP contribution in [0.1, 0.15) is 18.7 Å². The average molecular weight is 175 g/mol. The van der Waals surface area contributed by atoms with Gasteiger partial charge in [-0.2, -0.15) is 0 Å². The Balaban J connectivity index is 2.42. The van der Waals surface area contributed by atoms with Crippen LogP contribution in [-0.4, -0.2) is 17.8 Å². The molecule has 0 saturated carbocycles. The van der Waals surface area contributed by atoms with Crippen LogP contribution in [0.3, 0.4) is 0 Å². The topological polar surface area (TPSA) is 41.6 Å². The third kappa shape index (κ3) is 1.31. The highest BCUT2D eigenvalue weighted by Crippen LogP contribution is 2.28. The van der Waals surface area contributed by atoms with Crippen LogP contribution in [-0.2, 0) is 0 Å². The fourth-order valence-corrected chi connectivity index (χ4v) is 1.52. The van der Waals surface area contributed by atoms with Crippen molar-refractivity contribution >= 4 is 12.0 Å². The second-order valence-electron chi connectivity index (χ2n) is 3.08. The van der Waals surface area contributed by atoms with E-state index in [1.807, 2.05) is 35.5 Å². The maximum Gasteiger partial charge on any atom is 0.106 e. The molecule has 1 unspecified atom stereocenters. The Morgan fingerprint density at radius 3 is 3.00 bits per heavy atom. The van der Waals surface area contributed by atoms with Gasteiger partial charge in [0.2, 0.25) is 0 Å². The lowest BCUT2D eigenvalue weighted by atomic mass is 10.1. The van der Waals surface area contributed by atoms with E-state index in [2.05, 4.69) is 11.9 Å². The van der Waals surface area contributed by atoms with E-state index >= 15 is 0 Å². The van der Waals surface area contributed by atoms with Gasteiger partial charge in [0, 0.05) is 12.1 Å². The molecule has 3 nitrogen and oxygen atoms in total. The van der Waals surface area contributed by atoms with E-state index in [1.165, 1.54) is 0 Å². The van der Waals surface area contributed by atoms with Gasteiger partial charge >= 0.3 is 0 Å². The predicted molar refractivity (Wildman–Crippen MR) is 53.9 cm³/mol. The van der Waals surface area contributed by atoms with E-state index < -0.39 is 0 Å². The average Bonchev–Trinajstić information content (AvgIpc) is 2.19. The number of nitrogens with two attached hydrogens (primary N) is 1. The van der Waals surface area contributed by atoms with Crippen LogP contribution < -0.4 is 5.73 Å². The van der Waals surface area contributed by atoms with Gasteiger partial charge in [0.05, 0.1) is 12.0 Å². The molecule has 1 atom stereocenters. The number of hydrogen-bond donors (Lipinski definition) is 1. The molecule has 1 aromatic rings. The van der Waals surface area contributed by atoms with Crippen molar-refractivity contribution < 1.29 is 0 Å². The lowest BCUT2D eigenvalue weighted by Gasteiger charge is -2.29. The van der Waals surface area contributed by atoms with Crippen molar-refractivity contribution in [1.29, 1.82) is 0 Å². The minimum atomic E-state index is -0.0429. The van der Waals surface area contributed by atoms with E-state index in [9.17, 15) is 0 Å². The molecule has 1 aromatic carbocycles. The normalized spacial score (nSPS) is 20.2. The maximum absolute atomic E-state index is 6.04. The van der Waals surface area contributed by atoms with Crippen LogP contribution in [0.25, 0.3) is 0 Å². The number of nitrogens with zero attached hydrogens (tertiary/aromatic N) is 2. The summed E-state index contributed by atoms with van der Waals surface area (Å²) in [5, 5.41) is 0. The fourth-order valence-electron chi connectivity index (χ4n) is 1.52. The van der Waals surface area contributed by atoms with Crippen molar-refractivity contribution in [3.05, 3.63) is 29.8 Å². The van der Waals surface area contributed by atoms with E-state index in [-0.39, 0.29) is 6.17 Å². The van der Waals surface area contributed by atoms with Gasteiger partial charge in [-0.3, -0.25) is 0 Å². The van der Waals surface area contributed by atoms with Crippen LogP contribution in [0.5, 0.6) is 0 Å². The minimum Gasteiger partial charge on any atom is -0.343 e. The summed E-state index contributed by atoms with van der Waals surface area (Å²) < 4.78 is 0. The van der Waals surface area contributed by atoms with Gasteiger partial charge in [-0.05, 0) is 13.0 Å². The van der Waals surface area contributed by atoms with E-state index in [0.717, 1.165) is 17.8 Å². The molecule has 13 heavy (non-hydrogen) atoms. The van der Waals surface area contributed by atoms with Crippen molar-refractivity contribution in [2.24, 2.45) is 10.7 Å². The van der Waals surface area contributed by atoms with Gasteiger partial charge in [-0.1, -0.05) is 18.2 Å². The number of hydrogen-bond acceptors (Lipinski definition) is 3. The Hall–Kier alpha value is -1.35. The number of aliphatic imine (C=N–C) groups is 1. The lowest BCUT2D eigenvalue weighted by molar-refractivity contribution is 0.344. The Morgan fingerprint density at radius 1 is 1.46 bits per heavy atom. The predicted octanol–water partition coefficient (Wildman–Crippen LogP) is 1.64. The molecule has 2 N–H and O–H groups in total. The molecule has 3 heteroatoms. The number of para-hydroxylation sites is 1. The van der Waals surface area contributed by atoms with Crippen LogP contribution in [0.4, 0.5) is 5.69 Å². The van der Waals surface area contributed by atoms with Crippen molar-refractivity contribution in [2.75, 3.05) is 6.54 Å². The first-order valence-electron chi connectivity index (χ1n) is 4.47. The molecule has 1 heterocycles. The van der Waals surface area contributed by atoms with Crippen molar-refractivity contribution in [3.8, 4) is 0 Å². The monoisotopic (exact) mass is 175 g/mol. The molecule has 0 fully saturated rings. The summed E-state index contributed by atoms with van der Waals surface area (Å²) in [6.45, 7) is 2.96. The molecule has 0 aromatic heterocycles. The summed E-state index contributed by atoms with van der Waals surface area (Å²) in [4.78, 5) is 6.33. The summed E-state index contributed by atoms with van der Waals surface area (Å²) in [6.07, 6.45) is 1.77. The molecule has 0 amide bonds. The maximum atomic E-state index is 6.04. The molecule has 1 aliphatic rings. The molecule has 0 radical (unpaired) electrons. The van der Waals surface area contributed by atoms with Gasteiger partial charge in [0.15, 0.2) is 0 Å². The van der Waals surface area contributed by atoms with Crippen LogP contribution in [0.15, 0.2) is 29.3 Å². The molecule has 2 rings (SSSR count). The van der Waals surface area contributed by atoms with Crippen LogP contribution in [0.2, 0.25) is 0 Å². The largest absolute Gasteiger partial charge is 0.343 e. The second-order valence-corrected chi connectivity index (χ2v) is 3.08. The number of rotatable bonds is 1. The summed E-state index contributed by atoms with van der Waals surface area (Å²) >= 11 is 0. The zero-order chi connectivity index (χ0) is 9.26. The molecule has 0 saturated heterocycles. The molecular formula is C10H13N3. The third-order valence-corrected chi connectivity index (χ3v) is 2.32. The first kappa shape index (κ1) is 8.26. The van der Waals surface area contributed by atoms with Gasteiger partial charge < -0.3 is 10.6 Å². The Kier molecular flexibility index (Phi) is 2.02. The standard InChI is InChI=1S/C10H13N3/c1-2-13-7-12-9-6-4-3-5-8(9)10(13)11/h3-7,10H,2,11H2,1H3. The Labute approximate surface area is 77.9 Å². The van der Waals surface area contributed by atoms with E-state index in [1.54, 1.807) is 0 Å². The highest BCUT2D eigenvalue weighted by atomic mass is 15.2. The second kappa shape index (κ2) is 3.18. The molecule has 0 spiro atoms. The zero-order valence-electron chi connectivity index (χ0n) is 7.64. The zero-order valence-corrected chi connectivity index (χ0v) is 7.64. The third-order valence-electron chi connectivity index (χ3n) is 2.32. The van der Waals surface area contributed by atoms with Crippen molar-refractivity contribution in [1.82, 2.24) is 4.90 Å². The smallest absolute Gasteiger partial charge is 0.106 e. The van der Waals surface area contributed by atoms with Crippen LogP contribution in [0, 0.1) is 0 Å². The molecule has 68 valence electrons. The van der Waals surface area contributed by atoms with E-state index in [0.29, 0.717) is 0 Å². The molecule has 1 aliphatic heterocycles. The quantitative estimate of drug-likeness (QED) is 0.705. The summed E-state index contributed by atoms with van der Waals surface area (Å²) in [7, 11) is 0. The van der Waals surface area contributed by atoms with Gasteiger partial charge in [0.25, 0.3) is 0 Å².